The highest BCUT2D eigenvalue weighted by molar-refractivity contribution is 5.03. The van der Waals surface area contributed by atoms with Gasteiger partial charge in [0.25, 0.3) is 0 Å². The molecule has 2 rings (SSSR count). The SMILES string of the molecule is CN1CCCN(Cc2ccccn2)C(CCN)C1. The number of nitrogens with two attached hydrogens (primary N) is 1. The highest BCUT2D eigenvalue weighted by atomic mass is 15.2. The smallest absolute Gasteiger partial charge is 0.0544 e. The molecule has 18 heavy (non-hydrogen) atoms. The second-order valence-corrected chi connectivity index (χ2v) is 5.14. The fourth-order valence-corrected chi connectivity index (χ4v) is 2.67. The average molecular weight is 248 g/mol. The third kappa shape index (κ3) is 3.77. The van der Waals surface area contributed by atoms with Gasteiger partial charge in [0.2, 0.25) is 0 Å². The van der Waals surface area contributed by atoms with E-state index in [1.54, 1.807) is 0 Å². The van der Waals surface area contributed by atoms with E-state index in [4.69, 9.17) is 5.73 Å². The molecule has 1 saturated heterocycles. The molecule has 0 aromatic carbocycles. The lowest BCUT2D eigenvalue weighted by atomic mass is 10.1. The maximum atomic E-state index is 5.75. The summed E-state index contributed by atoms with van der Waals surface area (Å²) in [4.78, 5) is 9.39. The van der Waals surface area contributed by atoms with Crippen LogP contribution in [0.3, 0.4) is 0 Å². The lowest BCUT2D eigenvalue weighted by molar-refractivity contribution is 0.171. The molecule has 0 saturated carbocycles. The number of rotatable bonds is 4. The third-order valence-corrected chi connectivity index (χ3v) is 3.62. The van der Waals surface area contributed by atoms with Gasteiger partial charge in [-0.2, -0.15) is 0 Å². The van der Waals surface area contributed by atoms with Gasteiger partial charge < -0.3 is 10.6 Å². The summed E-state index contributed by atoms with van der Waals surface area (Å²) in [5.74, 6) is 0. The average Bonchev–Trinajstić information content (AvgIpc) is 2.54. The van der Waals surface area contributed by atoms with Crippen LogP contribution in [0.4, 0.5) is 0 Å². The topological polar surface area (TPSA) is 45.4 Å². The Bertz CT molecular complexity index is 341. The molecule has 2 N–H and O–H groups in total. The van der Waals surface area contributed by atoms with Gasteiger partial charge in [-0.3, -0.25) is 9.88 Å². The van der Waals surface area contributed by atoms with Crippen LogP contribution in [-0.4, -0.2) is 54.1 Å². The Labute approximate surface area is 110 Å². The minimum absolute atomic E-state index is 0.560. The minimum atomic E-state index is 0.560. The van der Waals surface area contributed by atoms with Crippen LogP contribution in [0.2, 0.25) is 0 Å². The number of hydrogen-bond donors (Lipinski definition) is 1. The van der Waals surface area contributed by atoms with Gasteiger partial charge in [0.15, 0.2) is 0 Å². The molecule has 2 heterocycles. The second kappa shape index (κ2) is 6.83. The van der Waals surface area contributed by atoms with Crippen molar-refractivity contribution in [1.29, 1.82) is 0 Å². The summed E-state index contributed by atoms with van der Waals surface area (Å²) in [6.07, 6.45) is 4.17. The number of pyridine rings is 1. The molecule has 1 aliphatic rings. The highest BCUT2D eigenvalue weighted by Gasteiger charge is 2.22. The third-order valence-electron chi connectivity index (χ3n) is 3.62. The molecule has 0 radical (unpaired) electrons. The first kappa shape index (κ1) is 13.5. The summed E-state index contributed by atoms with van der Waals surface area (Å²) >= 11 is 0. The molecule has 1 atom stereocenters. The molecular weight excluding hydrogens is 224 g/mol. The van der Waals surface area contributed by atoms with Crippen LogP contribution in [0.5, 0.6) is 0 Å². The van der Waals surface area contributed by atoms with Gasteiger partial charge in [-0.15, -0.1) is 0 Å². The van der Waals surface area contributed by atoms with E-state index < -0.39 is 0 Å². The molecule has 4 nitrogen and oxygen atoms in total. The molecule has 1 aliphatic heterocycles. The van der Waals surface area contributed by atoms with E-state index in [1.165, 1.54) is 13.0 Å². The Kier molecular flexibility index (Phi) is 5.11. The standard InChI is InChI=1S/C14H24N4/c1-17-9-4-10-18(14(12-17)6-7-15)11-13-5-2-3-8-16-13/h2-3,5,8,14H,4,6-7,9-12,15H2,1H3. The van der Waals surface area contributed by atoms with E-state index in [-0.39, 0.29) is 0 Å². The molecule has 1 unspecified atom stereocenters. The molecule has 0 amide bonds. The fraction of sp³-hybridized carbons (Fsp3) is 0.643. The van der Waals surface area contributed by atoms with Gasteiger partial charge in [0.1, 0.15) is 0 Å². The number of hydrogen-bond acceptors (Lipinski definition) is 4. The maximum Gasteiger partial charge on any atom is 0.0544 e. The molecule has 1 fully saturated rings. The van der Waals surface area contributed by atoms with Crippen LogP contribution in [-0.2, 0) is 6.54 Å². The lowest BCUT2D eigenvalue weighted by Gasteiger charge is -2.30. The van der Waals surface area contributed by atoms with Gasteiger partial charge in [-0.25, -0.2) is 0 Å². The van der Waals surface area contributed by atoms with Gasteiger partial charge >= 0.3 is 0 Å². The zero-order valence-corrected chi connectivity index (χ0v) is 11.3. The highest BCUT2D eigenvalue weighted by Crippen LogP contribution is 2.14. The quantitative estimate of drug-likeness (QED) is 0.861. The van der Waals surface area contributed by atoms with Gasteiger partial charge in [0.05, 0.1) is 5.69 Å². The molecule has 0 spiro atoms. The van der Waals surface area contributed by atoms with E-state index >= 15 is 0 Å². The van der Waals surface area contributed by atoms with Gasteiger partial charge in [0, 0.05) is 31.9 Å². The van der Waals surface area contributed by atoms with Crippen molar-refractivity contribution in [2.24, 2.45) is 5.73 Å². The van der Waals surface area contributed by atoms with Crippen LogP contribution in [0.1, 0.15) is 18.5 Å². The normalized spacial score (nSPS) is 22.9. The zero-order chi connectivity index (χ0) is 12.8. The Morgan fingerprint density at radius 1 is 1.39 bits per heavy atom. The first-order chi connectivity index (χ1) is 8.79. The number of nitrogens with zero attached hydrogens (tertiary/aromatic N) is 3. The van der Waals surface area contributed by atoms with Crippen LogP contribution >= 0.6 is 0 Å². The van der Waals surface area contributed by atoms with Crippen molar-refractivity contribution < 1.29 is 0 Å². The van der Waals surface area contributed by atoms with Gasteiger partial charge in [-0.1, -0.05) is 6.07 Å². The molecule has 1 aromatic rings. The maximum absolute atomic E-state index is 5.75. The Balaban J connectivity index is 2.02. The summed E-state index contributed by atoms with van der Waals surface area (Å²) < 4.78 is 0. The second-order valence-electron chi connectivity index (χ2n) is 5.14. The van der Waals surface area contributed by atoms with Crippen LogP contribution in [0.15, 0.2) is 24.4 Å². The van der Waals surface area contributed by atoms with Crippen molar-refractivity contribution in [3.8, 4) is 0 Å². The monoisotopic (exact) mass is 248 g/mol. The van der Waals surface area contributed by atoms with Crippen molar-refractivity contribution in [3.05, 3.63) is 30.1 Å². The first-order valence-corrected chi connectivity index (χ1v) is 6.82. The fourth-order valence-electron chi connectivity index (χ4n) is 2.67. The Hall–Kier alpha value is -0.970. The van der Waals surface area contributed by atoms with Crippen molar-refractivity contribution in [2.75, 3.05) is 33.2 Å². The van der Waals surface area contributed by atoms with Crippen molar-refractivity contribution in [2.45, 2.75) is 25.4 Å². The number of likely N-dealkylation sites (N-methyl/N-ethyl adjacent to an activating group) is 1. The Morgan fingerprint density at radius 2 is 2.28 bits per heavy atom. The van der Waals surface area contributed by atoms with E-state index in [9.17, 15) is 0 Å². The van der Waals surface area contributed by atoms with Crippen molar-refractivity contribution in [3.63, 3.8) is 0 Å². The molecule has 0 aliphatic carbocycles. The van der Waals surface area contributed by atoms with Crippen molar-refractivity contribution in [1.82, 2.24) is 14.8 Å². The summed E-state index contributed by atoms with van der Waals surface area (Å²) in [7, 11) is 2.20. The largest absolute Gasteiger partial charge is 0.330 e. The molecule has 1 aromatic heterocycles. The predicted molar refractivity (Wildman–Crippen MR) is 74.2 cm³/mol. The summed E-state index contributed by atoms with van der Waals surface area (Å²) in [6, 6.07) is 6.69. The van der Waals surface area contributed by atoms with Crippen LogP contribution in [0.25, 0.3) is 0 Å². The van der Waals surface area contributed by atoms with E-state index in [2.05, 4.69) is 34.0 Å². The Morgan fingerprint density at radius 3 is 3.00 bits per heavy atom. The van der Waals surface area contributed by atoms with Crippen LogP contribution in [0, 0.1) is 0 Å². The number of aromatic nitrogens is 1. The van der Waals surface area contributed by atoms with Crippen LogP contribution < -0.4 is 5.73 Å². The van der Waals surface area contributed by atoms with E-state index in [0.29, 0.717) is 6.04 Å². The predicted octanol–water partition coefficient (Wildman–Crippen LogP) is 0.936. The first-order valence-electron chi connectivity index (χ1n) is 6.82. The van der Waals surface area contributed by atoms with E-state index in [0.717, 1.165) is 38.3 Å². The minimum Gasteiger partial charge on any atom is -0.330 e. The lowest BCUT2D eigenvalue weighted by Crippen LogP contribution is -2.41. The molecule has 100 valence electrons. The molecule has 0 bridgehead atoms. The molecular formula is C14H24N4. The summed E-state index contributed by atoms with van der Waals surface area (Å²) in [6.45, 7) is 5.14. The zero-order valence-electron chi connectivity index (χ0n) is 11.3. The van der Waals surface area contributed by atoms with Gasteiger partial charge in [-0.05, 0) is 45.1 Å². The van der Waals surface area contributed by atoms with E-state index in [1.807, 2.05) is 12.3 Å². The van der Waals surface area contributed by atoms with Crippen molar-refractivity contribution >= 4 is 0 Å². The molecule has 4 heteroatoms. The summed E-state index contributed by atoms with van der Waals surface area (Å²) in [5.41, 5.74) is 6.91. The summed E-state index contributed by atoms with van der Waals surface area (Å²) in [5, 5.41) is 0.